The molecule has 2 rings (SSSR count). The van der Waals surface area contributed by atoms with Crippen molar-refractivity contribution in [2.75, 3.05) is 6.54 Å². The van der Waals surface area contributed by atoms with Gasteiger partial charge in [-0.25, -0.2) is 0 Å². The van der Waals surface area contributed by atoms with Crippen LogP contribution >= 0.6 is 15.9 Å². The molecule has 1 fully saturated rings. The van der Waals surface area contributed by atoms with Crippen LogP contribution in [0.1, 0.15) is 43.2 Å². The average Bonchev–Trinajstić information content (AvgIpc) is 2.89. The molecule has 4 heteroatoms. The van der Waals surface area contributed by atoms with Gasteiger partial charge in [-0.05, 0) is 43.4 Å². The standard InChI is InChI=1S/C16H23BrN2O/c1-12-10-13(4-6-14(12)17)5-7-15(20)19-16(11-18)8-2-3-9-16/h4,6,10H,2-3,5,7-9,11,18H2,1H3,(H,19,20). The highest BCUT2D eigenvalue weighted by Crippen LogP contribution is 2.28. The first-order chi connectivity index (χ1) is 9.54. The van der Waals surface area contributed by atoms with Gasteiger partial charge in [0.1, 0.15) is 0 Å². The van der Waals surface area contributed by atoms with Crippen LogP contribution in [0.2, 0.25) is 0 Å². The van der Waals surface area contributed by atoms with E-state index in [1.165, 1.54) is 24.0 Å². The fourth-order valence-corrected chi connectivity index (χ4v) is 3.16. The first-order valence-corrected chi connectivity index (χ1v) is 8.10. The SMILES string of the molecule is Cc1cc(CCC(=O)NC2(CN)CCCC2)ccc1Br. The van der Waals surface area contributed by atoms with Crippen LogP contribution in [0.15, 0.2) is 22.7 Å². The molecule has 1 aliphatic rings. The highest BCUT2D eigenvalue weighted by molar-refractivity contribution is 9.10. The molecular weight excluding hydrogens is 316 g/mol. The second-order valence-corrected chi connectivity index (χ2v) is 6.68. The van der Waals surface area contributed by atoms with E-state index in [1.807, 2.05) is 6.07 Å². The number of nitrogens with one attached hydrogen (secondary N) is 1. The van der Waals surface area contributed by atoms with Gasteiger partial charge in [0.2, 0.25) is 5.91 Å². The van der Waals surface area contributed by atoms with Gasteiger partial charge in [-0.3, -0.25) is 4.79 Å². The molecule has 0 aliphatic heterocycles. The fourth-order valence-electron chi connectivity index (χ4n) is 2.91. The monoisotopic (exact) mass is 338 g/mol. The summed E-state index contributed by atoms with van der Waals surface area (Å²) in [7, 11) is 0. The van der Waals surface area contributed by atoms with Crippen LogP contribution < -0.4 is 11.1 Å². The summed E-state index contributed by atoms with van der Waals surface area (Å²) in [5.41, 5.74) is 8.12. The summed E-state index contributed by atoms with van der Waals surface area (Å²) < 4.78 is 1.11. The van der Waals surface area contributed by atoms with E-state index in [9.17, 15) is 4.79 Å². The van der Waals surface area contributed by atoms with Crippen LogP contribution in [0, 0.1) is 6.92 Å². The third kappa shape index (κ3) is 3.83. The van der Waals surface area contributed by atoms with Gasteiger partial charge in [0, 0.05) is 17.4 Å². The minimum Gasteiger partial charge on any atom is -0.349 e. The number of benzene rings is 1. The highest BCUT2D eigenvalue weighted by atomic mass is 79.9. The van der Waals surface area contributed by atoms with E-state index >= 15 is 0 Å². The third-order valence-electron chi connectivity index (χ3n) is 4.22. The quantitative estimate of drug-likeness (QED) is 0.866. The molecule has 1 aromatic carbocycles. The summed E-state index contributed by atoms with van der Waals surface area (Å²) in [5, 5.41) is 3.17. The predicted molar refractivity (Wildman–Crippen MR) is 85.6 cm³/mol. The van der Waals surface area contributed by atoms with Crippen LogP contribution in [0.5, 0.6) is 0 Å². The number of halogens is 1. The van der Waals surface area contributed by atoms with E-state index < -0.39 is 0 Å². The zero-order chi connectivity index (χ0) is 14.6. The van der Waals surface area contributed by atoms with Crippen molar-refractivity contribution in [3.05, 3.63) is 33.8 Å². The van der Waals surface area contributed by atoms with E-state index in [-0.39, 0.29) is 11.4 Å². The molecule has 1 aliphatic carbocycles. The van der Waals surface area contributed by atoms with Gasteiger partial charge in [0.05, 0.1) is 5.54 Å². The number of rotatable bonds is 5. The number of amides is 1. The first kappa shape index (κ1) is 15.5. The van der Waals surface area contributed by atoms with Crippen molar-refractivity contribution in [3.63, 3.8) is 0 Å². The van der Waals surface area contributed by atoms with Gasteiger partial charge in [0.25, 0.3) is 0 Å². The number of nitrogens with two attached hydrogens (primary N) is 1. The Morgan fingerprint density at radius 3 is 2.70 bits per heavy atom. The Morgan fingerprint density at radius 2 is 2.10 bits per heavy atom. The van der Waals surface area contributed by atoms with Crippen LogP contribution in [0.25, 0.3) is 0 Å². The lowest BCUT2D eigenvalue weighted by Gasteiger charge is -2.28. The summed E-state index contributed by atoms with van der Waals surface area (Å²) in [6, 6.07) is 6.24. The van der Waals surface area contributed by atoms with E-state index in [0.717, 1.165) is 23.7 Å². The van der Waals surface area contributed by atoms with Crippen molar-refractivity contribution in [1.29, 1.82) is 0 Å². The van der Waals surface area contributed by atoms with E-state index in [1.54, 1.807) is 0 Å². The molecule has 0 spiro atoms. The van der Waals surface area contributed by atoms with E-state index in [0.29, 0.717) is 13.0 Å². The molecule has 0 saturated heterocycles. The Morgan fingerprint density at radius 1 is 1.40 bits per heavy atom. The van der Waals surface area contributed by atoms with Crippen molar-refractivity contribution < 1.29 is 4.79 Å². The van der Waals surface area contributed by atoms with Crippen LogP contribution in [-0.2, 0) is 11.2 Å². The number of carbonyl (C=O) groups excluding carboxylic acids is 1. The Hall–Kier alpha value is -0.870. The molecule has 0 atom stereocenters. The Balaban J connectivity index is 1.87. The number of hydrogen-bond donors (Lipinski definition) is 2. The third-order valence-corrected chi connectivity index (χ3v) is 5.11. The molecule has 1 saturated carbocycles. The largest absolute Gasteiger partial charge is 0.349 e. The maximum Gasteiger partial charge on any atom is 0.220 e. The molecule has 1 amide bonds. The fraction of sp³-hybridized carbons (Fsp3) is 0.562. The molecule has 0 aromatic heterocycles. The van der Waals surface area contributed by atoms with Crippen molar-refractivity contribution in [1.82, 2.24) is 5.32 Å². The van der Waals surface area contributed by atoms with Gasteiger partial charge < -0.3 is 11.1 Å². The molecule has 3 N–H and O–H groups in total. The minimum absolute atomic E-state index is 0.123. The van der Waals surface area contributed by atoms with Crippen molar-refractivity contribution >= 4 is 21.8 Å². The lowest BCUT2D eigenvalue weighted by Crippen LogP contribution is -2.51. The van der Waals surface area contributed by atoms with E-state index in [2.05, 4.69) is 40.3 Å². The number of hydrogen-bond acceptors (Lipinski definition) is 2. The summed E-state index contributed by atoms with van der Waals surface area (Å²) >= 11 is 3.49. The zero-order valence-electron chi connectivity index (χ0n) is 12.0. The Kier molecular flexibility index (Phi) is 5.22. The van der Waals surface area contributed by atoms with Gasteiger partial charge >= 0.3 is 0 Å². The summed E-state index contributed by atoms with van der Waals surface area (Å²) in [6.45, 7) is 2.62. The van der Waals surface area contributed by atoms with Crippen LogP contribution in [0.3, 0.4) is 0 Å². The average molecular weight is 339 g/mol. The highest BCUT2D eigenvalue weighted by Gasteiger charge is 2.33. The molecule has 0 bridgehead atoms. The maximum atomic E-state index is 12.1. The number of aryl methyl sites for hydroxylation is 2. The molecule has 0 heterocycles. The van der Waals surface area contributed by atoms with Gasteiger partial charge in [-0.2, -0.15) is 0 Å². The van der Waals surface area contributed by atoms with Crippen molar-refractivity contribution in [2.45, 2.75) is 51.0 Å². The molecule has 3 nitrogen and oxygen atoms in total. The summed E-state index contributed by atoms with van der Waals surface area (Å²) in [4.78, 5) is 12.1. The molecule has 0 unspecified atom stereocenters. The Labute approximate surface area is 129 Å². The lowest BCUT2D eigenvalue weighted by atomic mass is 9.97. The minimum atomic E-state index is -0.132. The zero-order valence-corrected chi connectivity index (χ0v) is 13.6. The topological polar surface area (TPSA) is 55.1 Å². The second kappa shape index (κ2) is 6.72. The summed E-state index contributed by atoms with van der Waals surface area (Å²) in [5.74, 6) is 0.123. The molecular formula is C16H23BrN2O. The van der Waals surface area contributed by atoms with Crippen LogP contribution in [0.4, 0.5) is 0 Å². The van der Waals surface area contributed by atoms with Gasteiger partial charge in [0.15, 0.2) is 0 Å². The predicted octanol–water partition coefficient (Wildman–Crippen LogP) is 3.08. The molecule has 110 valence electrons. The lowest BCUT2D eigenvalue weighted by molar-refractivity contribution is -0.122. The van der Waals surface area contributed by atoms with Gasteiger partial charge in [-0.15, -0.1) is 0 Å². The first-order valence-electron chi connectivity index (χ1n) is 7.31. The smallest absolute Gasteiger partial charge is 0.220 e. The maximum absolute atomic E-state index is 12.1. The molecule has 0 radical (unpaired) electrons. The second-order valence-electron chi connectivity index (χ2n) is 5.82. The van der Waals surface area contributed by atoms with Crippen molar-refractivity contribution in [2.24, 2.45) is 5.73 Å². The van der Waals surface area contributed by atoms with Gasteiger partial charge in [-0.1, -0.05) is 40.9 Å². The Bertz CT molecular complexity index is 481. The van der Waals surface area contributed by atoms with Crippen molar-refractivity contribution in [3.8, 4) is 0 Å². The molecule has 1 aromatic rings. The normalized spacial score (nSPS) is 17.1. The van der Waals surface area contributed by atoms with E-state index in [4.69, 9.17) is 5.73 Å². The number of carbonyl (C=O) groups is 1. The molecule has 20 heavy (non-hydrogen) atoms. The summed E-state index contributed by atoms with van der Waals surface area (Å²) in [6.07, 6.45) is 5.69. The van der Waals surface area contributed by atoms with Crippen LogP contribution in [-0.4, -0.2) is 18.0 Å².